The van der Waals surface area contributed by atoms with E-state index in [1.807, 2.05) is 0 Å². The Bertz CT molecular complexity index is 887. The van der Waals surface area contributed by atoms with E-state index in [0.717, 1.165) is 12.8 Å². The molecule has 0 aliphatic carbocycles. The zero-order valence-corrected chi connectivity index (χ0v) is 16.2. The molecule has 0 saturated carbocycles. The molecule has 1 aliphatic heterocycles. The van der Waals surface area contributed by atoms with Gasteiger partial charge in [0.25, 0.3) is 11.8 Å². The first kappa shape index (κ1) is 20.3. The third kappa shape index (κ3) is 5.07. The first-order valence-electron chi connectivity index (χ1n) is 9.07. The highest BCUT2D eigenvalue weighted by Crippen LogP contribution is 2.39. The summed E-state index contributed by atoms with van der Waals surface area (Å²) in [6, 6.07) is 13.5. The van der Waals surface area contributed by atoms with Gasteiger partial charge in [-0.05, 0) is 49.1 Å². The number of hydrogen-bond donors (Lipinski definition) is 2. The van der Waals surface area contributed by atoms with Crippen molar-refractivity contribution >= 4 is 19.4 Å². The lowest BCUT2D eigenvalue weighted by molar-refractivity contribution is 0.0651. The van der Waals surface area contributed by atoms with E-state index in [2.05, 4.69) is 0 Å². The predicted octanol–water partition coefficient (Wildman–Crippen LogP) is 3.21. The first-order chi connectivity index (χ1) is 13.3. The van der Waals surface area contributed by atoms with Crippen LogP contribution in [0.1, 0.15) is 45.5 Å². The van der Waals surface area contributed by atoms with Crippen LogP contribution in [-0.4, -0.2) is 39.7 Å². The van der Waals surface area contributed by atoms with Crippen molar-refractivity contribution in [1.29, 1.82) is 0 Å². The molecule has 0 fully saturated rings. The summed E-state index contributed by atoms with van der Waals surface area (Å²) in [6.45, 7) is 0.825. The molecule has 2 aromatic carbocycles. The molecule has 0 bridgehead atoms. The SMILES string of the molecule is O=C1c2ccccc2C(=O)N1CCCCCOc1cccc(CP(=O)(O)O)c1. The van der Waals surface area contributed by atoms with E-state index in [-0.39, 0.29) is 18.0 Å². The van der Waals surface area contributed by atoms with Crippen molar-refractivity contribution in [3.8, 4) is 5.75 Å². The number of imide groups is 1. The van der Waals surface area contributed by atoms with Crippen molar-refractivity contribution in [1.82, 2.24) is 4.90 Å². The molecular weight excluding hydrogens is 381 g/mol. The Balaban J connectivity index is 1.39. The monoisotopic (exact) mass is 403 g/mol. The Morgan fingerprint density at radius 1 is 0.893 bits per heavy atom. The molecule has 0 unspecified atom stereocenters. The van der Waals surface area contributed by atoms with Gasteiger partial charge in [0.2, 0.25) is 0 Å². The van der Waals surface area contributed by atoms with Crippen LogP contribution in [0.5, 0.6) is 5.75 Å². The second-order valence-corrected chi connectivity index (χ2v) is 8.33. The number of hydrogen-bond acceptors (Lipinski definition) is 4. The first-order valence-corrected chi connectivity index (χ1v) is 10.9. The number of unbranched alkanes of at least 4 members (excludes halogenated alkanes) is 2. The van der Waals surface area contributed by atoms with Crippen LogP contribution in [0, 0.1) is 0 Å². The molecule has 0 radical (unpaired) electrons. The van der Waals surface area contributed by atoms with Crippen molar-refractivity contribution in [2.75, 3.05) is 13.2 Å². The number of rotatable bonds is 9. The smallest absolute Gasteiger partial charge is 0.329 e. The fraction of sp³-hybridized carbons (Fsp3) is 0.300. The van der Waals surface area contributed by atoms with Gasteiger partial charge in [0.15, 0.2) is 0 Å². The van der Waals surface area contributed by atoms with Gasteiger partial charge in [0.1, 0.15) is 5.75 Å². The van der Waals surface area contributed by atoms with Crippen LogP contribution in [0.4, 0.5) is 0 Å². The molecular formula is C20H22NO6P. The second kappa shape index (κ2) is 8.69. The summed E-state index contributed by atoms with van der Waals surface area (Å²) in [5.41, 5.74) is 1.45. The molecule has 28 heavy (non-hydrogen) atoms. The fourth-order valence-electron chi connectivity index (χ4n) is 3.15. The summed E-state index contributed by atoms with van der Waals surface area (Å²) in [5, 5.41) is 0. The van der Waals surface area contributed by atoms with E-state index in [0.29, 0.717) is 42.0 Å². The van der Waals surface area contributed by atoms with Gasteiger partial charge in [-0.15, -0.1) is 0 Å². The van der Waals surface area contributed by atoms with Crippen molar-refractivity contribution in [3.63, 3.8) is 0 Å². The minimum Gasteiger partial charge on any atom is -0.494 e. The molecule has 2 amide bonds. The van der Waals surface area contributed by atoms with Crippen LogP contribution in [0.3, 0.4) is 0 Å². The molecule has 0 spiro atoms. The molecule has 8 heteroatoms. The van der Waals surface area contributed by atoms with Crippen molar-refractivity contribution in [3.05, 3.63) is 65.2 Å². The van der Waals surface area contributed by atoms with Crippen molar-refractivity contribution in [2.24, 2.45) is 0 Å². The van der Waals surface area contributed by atoms with Crippen LogP contribution in [-0.2, 0) is 10.7 Å². The summed E-state index contributed by atoms with van der Waals surface area (Å²) in [4.78, 5) is 43.9. The van der Waals surface area contributed by atoms with Gasteiger partial charge < -0.3 is 14.5 Å². The molecule has 0 saturated heterocycles. The molecule has 1 heterocycles. The largest absolute Gasteiger partial charge is 0.494 e. The third-order valence-corrected chi connectivity index (χ3v) is 5.24. The van der Waals surface area contributed by atoms with Gasteiger partial charge in [-0.3, -0.25) is 19.1 Å². The van der Waals surface area contributed by atoms with E-state index in [9.17, 15) is 14.2 Å². The summed E-state index contributed by atoms with van der Waals surface area (Å²) < 4.78 is 16.7. The van der Waals surface area contributed by atoms with Crippen molar-refractivity contribution in [2.45, 2.75) is 25.4 Å². The lowest BCUT2D eigenvalue weighted by Crippen LogP contribution is -2.30. The highest BCUT2D eigenvalue weighted by molar-refractivity contribution is 7.50. The van der Waals surface area contributed by atoms with E-state index in [1.165, 1.54) is 4.90 Å². The molecule has 3 rings (SSSR count). The number of benzene rings is 2. The van der Waals surface area contributed by atoms with Crippen LogP contribution in [0.2, 0.25) is 0 Å². The van der Waals surface area contributed by atoms with Crippen LogP contribution in [0.15, 0.2) is 48.5 Å². The normalized spacial score (nSPS) is 13.7. The van der Waals surface area contributed by atoms with E-state index >= 15 is 0 Å². The molecule has 7 nitrogen and oxygen atoms in total. The van der Waals surface area contributed by atoms with Gasteiger partial charge in [-0.1, -0.05) is 24.3 Å². The fourth-order valence-corrected chi connectivity index (χ4v) is 3.82. The zero-order chi connectivity index (χ0) is 20.1. The highest BCUT2D eigenvalue weighted by Gasteiger charge is 2.34. The van der Waals surface area contributed by atoms with Gasteiger partial charge in [-0.25, -0.2) is 0 Å². The number of ether oxygens (including phenoxy) is 1. The summed E-state index contributed by atoms with van der Waals surface area (Å²) in [7, 11) is -4.11. The third-order valence-electron chi connectivity index (χ3n) is 4.46. The minimum absolute atomic E-state index is 0.237. The lowest BCUT2D eigenvalue weighted by atomic mass is 10.1. The maximum Gasteiger partial charge on any atom is 0.329 e. The van der Waals surface area contributed by atoms with Crippen molar-refractivity contribution < 1.29 is 28.7 Å². The molecule has 1 aliphatic rings. The zero-order valence-electron chi connectivity index (χ0n) is 15.3. The van der Waals surface area contributed by atoms with E-state index < -0.39 is 7.60 Å². The number of amides is 2. The topological polar surface area (TPSA) is 104 Å². The Hall–Kier alpha value is -2.47. The Labute approximate surface area is 163 Å². The van der Waals surface area contributed by atoms with Crippen LogP contribution >= 0.6 is 7.60 Å². The maximum atomic E-state index is 12.3. The van der Waals surface area contributed by atoms with Gasteiger partial charge in [0.05, 0.1) is 23.9 Å². The predicted molar refractivity (Wildman–Crippen MR) is 103 cm³/mol. The standard InChI is InChI=1S/C20H22NO6P/c22-19-17-9-2-3-10-18(17)20(23)21(19)11-4-1-5-12-27-16-8-6-7-15(13-16)14-28(24,25)26/h2-3,6-10,13H,1,4-5,11-12,14H2,(H2,24,25,26). The average Bonchev–Trinajstić information content (AvgIpc) is 2.88. The number of fused-ring (bicyclic) bond motifs is 1. The Morgan fingerprint density at radius 2 is 1.57 bits per heavy atom. The van der Waals surface area contributed by atoms with Crippen LogP contribution in [0.25, 0.3) is 0 Å². The van der Waals surface area contributed by atoms with Gasteiger partial charge >= 0.3 is 7.60 Å². The summed E-state index contributed by atoms with van der Waals surface area (Å²) >= 11 is 0. The molecule has 2 aromatic rings. The maximum absolute atomic E-state index is 12.3. The number of carbonyl (C=O) groups excluding carboxylic acids is 2. The Kier molecular flexibility index (Phi) is 6.29. The minimum atomic E-state index is -4.11. The molecule has 2 N–H and O–H groups in total. The molecule has 0 aromatic heterocycles. The van der Waals surface area contributed by atoms with Crippen LogP contribution < -0.4 is 4.74 Å². The Morgan fingerprint density at radius 3 is 2.21 bits per heavy atom. The van der Waals surface area contributed by atoms with E-state index in [4.69, 9.17) is 14.5 Å². The van der Waals surface area contributed by atoms with Gasteiger partial charge in [0, 0.05) is 6.54 Å². The second-order valence-electron chi connectivity index (χ2n) is 6.69. The molecule has 148 valence electrons. The lowest BCUT2D eigenvalue weighted by Gasteiger charge is -2.13. The summed E-state index contributed by atoms with van der Waals surface area (Å²) in [5.74, 6) is 0.0868. The number of carbonyl (C=O) groups is 2. The number of nitrogens with zero attached hydrogens (tertiary/aromatic N) is 1. The average molecular weight is 403 g/mol. The van der Waals surface area contributed by atoms with Gasteiger partial charge in [-0.2, -0.15) is 0 Å². The highest BCUT2D eigenvalue weighted by atomic mass is 31.2. The van der Waals surface area contributed by atoms with E-state index in [1.54, 1.807) is 48.5 Å². The molecule has 0 atom stereocenters. The summed E-state index contributed by atoms with van der Waals surface area (Å²) in [6.07, 6.45) is 1.90. The quantitative estimate of drug-likeness (QED) is 0.379.